The Labute approximate surface area is 275 Å². The van der Waals surface area contributed by atoms with Crippen molar-refractivity contribution in [2.45, 2.75) is 24.7 Å². The minimum atomic E-state index is -0.484. The summed E-state index contributed by atoms with van der Waals surface area (Å²) < 4.78 is 2.52. The van der Waals surface area contributed by atoms with Gasteiger partial charge in [0.25, 0.3) is 0 Å². The SMILES string of the molecule is CC1(C)c2ccccc2C2(c3ccccc3-n3c4ccccc4c4cccc2c43)c2cc(-c3ccc(-c4ccccc4)cc3)ccc21. The second kappa shape index (κ2) is 9.44. The summed E-state index contributed by atoms with van der Waals surface area (Å²) in [6, 6.07) is 61.2. The van der Waals surface area contributed by atoms with Crippen LogP contribution in [0.5, 0.6) is 0 Å². The summed E-state index contributed by atoms with van der Waals surface area (Å²) in [7, 11) is 0. The Morgan fingerprint density at radius 3 is 1.74 bits per heavy atom. The first-order chi connectivity index (χ1) is 23.1. The molecule has 1 unspecified atom stereocenters. The molecular weight excluding hydrogens is 567 g/mol. The molecule has 1 nitrogen and oxygen atoms in total. The lowest BCUT2D eigenvalue weighted by molar-refractivity contribution is 0.556. The van der Waals surface area contributed by atoms with E-state index in [1.165, 1.54) is 83.1 Å². The molecule has 8 aromatic rings. The van der Waals surface area contributed by atoms with Crippen molar-refractivity contribution in [1.82, 2.24) is 4.57 Å². The van der Waals surface area contributed by atoms with Gasteiger partial charge in [-0.1, -0.05) is 159 Å². The molecule has 0 bridgehead atoms. The van der Waals surface area contributed by atoms with Gasteiger partial charge < -0.3 is 4.57 Å². The number of aromatic nitrogens is 1. The number of hydrogen-bond donors (Lipinski definition) is 0. The molecule has 1 aliphatic carbocycles. The van der Waals surface area contributed by atoms with Gasteiger partial charge in [0.2, 0.25) is 0 Å². The summed E-state index contributed by atoms with van der Waals surface area (Å²) >= 11 is 0. The topological polar surface area (TPSA) is 4.93 Å². The van der Waals surface area contributed by atoms with Crippen LogP contribution in [0.3, 0.4) is 0 Å². The molecule has 222 valence electrons. The predicted molar refractivity (Wildman–Crippen MR) is 196 cm³/mol. The van der Waals surface area contributed by atoms with Crippen LogP contribution in [0.1, 0.15) is 47.2 Å². The van der Waals surface area contributed by atoms with Crippen molar-refractivity contribution in [2.24, 2.45) is 0 Å². The molecule has 1 atom stereocenters. The normalized spacial score (nSPS) is 17.0. The zero-order valence-electron chi connectivity index (χ0n) is 26.5. The second-order valence-electron chi connectivity index (χ2n) is 13.7. The van der Waals surface area contributed by atoms with Gasteiger partial charge in [0.15, 0.2) is 0 Å². The molecule has 47 heavy (non-hydrogen) atoms. The average molecular weight is 600 g/mol. The van der Waals surface area contributed by atoms with Gasteiger partial charge >= 0.3 is 0 Å². The Hall–Kier alpha value is -5.66. The summed E-state index contributed by atoms with van der Waals surface area (Å²) in [4.78, 5) is 0. The standard InChI is InChI=1S/C46H33N/c1-45(2)36-17-7-8-18-38(36)46(41-29-33(27-28-37(41)45)32-25-23-31(24-26-32)30-13-4-3-5-14-30)39-19-9-11-22-43(39)47-42-21-10-6-15-34(42)35-16-12-20-40(46)44(35)47/h3-29H,1-2H3. The molecule has 0 saturated heterocycles. The molecule has 10 rings (SSSR count). The maximum atomic E-state index is 2.52. The monoisotopic (exact) mass is 599 g/mol. The van der Waals surface area contributed by atoms with Gasteiger partial charge in [-0.2, -0.15) is 0 Å². The third kappa shape index (κ3) is 3.39. The highest BCUT2D eigenvalue weighted by Crippen LogP contribution is 2.60. The molecule has 2 heterocycles. The lowest BCUT2D eigenvalue weighted by atomic mass is 9.53. The van der Waals surface area contributed by atoms with Crippen molar-refractivity contribution in [3.63, 3.8) is 0 Å². The fraction of sp³-hybridized carbons (Fsp3) is 0.0870. The van der Waals surface area contributed by atoms with Crippen LogP contribution in [0.4, 0.5) is 0 Å². The molecule has 1 aromatic heterocycles. The highest BCUT2D eigenvalue weighted by Gasteiger charge is 2.52. The first-order valence-electron chi connectivity index (χ1n) is 16.6. The van der Waals surface area contributed by atoms with Gasteiger partial charge in [0.05, 0.1) is 22.1 Å². The molecule has 0 amide bonds. The van der Waals surface area contributed by atoms with Crippen molar-refractivity contribution in [1.29, 1.82) is 0 Å². The van der Waals surface area contributed by atoms with Crippen molar-refractivity contribution in [2.75, 3.05) is 0 Å². The smallest absolute Gasteiger partial charge is 0.0748 e. The van der Waals surface area contributed by atoms with E-state index in [2.05, 4.69) is 182 Å². The number of hydrogen-bond acceptors (Lipinski definition) is 0. The van der Waals surface area contributed by atoms with Crippen molar-refractivity contribution >= 4 is 21.8 Å². The maximum Gasteiger partial charge on any atom is 0.0748 e. The highest BCUT2D eigenvalue weighted by atomic mass is 15.0. The van der Waals surface area contributed by atoms with E-state index in [1.54, 1.807) is 0 Å². The van der Waals surface area contributed by atoms with Gasteiger partial charge in [0.1, 0.15) is 0 Å². The van der Waals surface area contributed by atoms with E-state index in [1.807, 2.05) is 0 Å². The zero-order valence-corrected chi connectivity index (χ0v) is 26.5. The Bertz CT molecular complexity index is 2530. The van der Waals surface area contributed by atoms with Crippen LogP contribution in [-0.2, 0) is 10.8 Å². The fourth-order valence-electron chi connectivity index (χ4n) is 8.99. The zero-order chi connectivity index (χ0) is 31.3. The summed E-state index contributed by atoms with van der Waals surface area (Å²) in [5.41, 5.74) is 16.4. The Balaban J connectivity index is 1.33. The van der Waals surface area contributed by atoms with Crippen LogP contribution in [0, 0.1) is 0 Å². The molecule has 2 aliphatic rings. The molecule has 0 fully saturated rings. The van der Waals surface area contributed by atoms with Crippen LogP contribution in [0.25, 0.3) is 49.7 Å². The lowest BCUT2D eigenvalue weighted by Crippen LogP contribution is -2.44. The van der Waals surface area contributed by atoms with Crippen molar-refractivity contribution < 1.29 is 0 Å². The first kappa shape index (κ1) is 26.5. The van der Waals surface area contributed by atoms with Gasteiger partial charge in [-0.15, -0.1) is 0 Å². The van der Waals surface area contributed by atoms with Crippen LogP contribution >= 0.6 is 0 Å². The summed E-state index contributed by atoms with van der Waals surface area (Å²) in [5, 5.41) is 2.61. The Kier molecular flexibility index (Phi) is 5.33. The van der Waals surface area contributed by atoms with Crippen LogP contribution in [0.15, 0.2) is 164 Å². The number of benzene rings is 7. The minimum absolute atomic E-state index is 0.167. The van der Waals surface area contributed by atoms with E-state index >= 15 is 0 Å². The van der Waals surface area contributed by atoms with Gasteiger partial charge in [0, 0.05) is 16.2 Å². The molecule has 0 saturated carbocycles. The highest BCUT2D eigenvalue weighted by molar-refractivity contribution is 6.12. The van der Waals surface area contributed by atoms with Crippen LogP contribution in [0.2, 0.25) is 0 Å². The molecule has 1 spiro atoms. The quantitative estimate of drug-likeness (QED) is 0.186. The van der Waals surface area contributed by atoms with E-state index in [4.69, 9.17) is 0 Å². The summed E-state index contributed by atoms with van der Waals surface area (Å²) in [6.07, 6.45) is 0. The molecular formula is C46H33N. The maximum absolute atomic E-state index is 2.52. The van der Waals surface area contributed by atoms with E-state index < -0.39 is 5.41 Å². The number of para-hydroxylation sites is 3. The van der Waals surface area contributed by atoms with Gasteiger partial charge in [-0.05, 0) is 73.8 Å². The third-order valence-corrected chi connectivity index (χ3v) is 11.1. The van der Waals surface area contributed by atoms with Crippen LogP contribution < -0.4 is 0 Å². The average Bonchev–Trinajstić information content (AvgIpc) is 3.47. The molecule has 0 radical (unpaired) electrons. The van der Waals surface area contributed by atoms with Gasteiger partial charge in [-0.3, -0.25) is 0 Å². The second-order valence-corrected chi connectivity index (χ2v) is 13.7. The van der Waals surface area contributed by atoms with Crippen LogP contribution in [-0.4, -0.2) is 4.57 Å². The molecule has 1 heteroatoms. The van der Waals surface area contributed by atoms with Crippen molar-refractivity contribution in [3.05, 3.63) is 197 Å². The summed E-state index contributed by atoms with van der Waals surface area (Å²) in [6.45, 7) is 4.80. The lowest BCUT2D eigenvalue weighted by Gasteiger charge is -2.50. The minimum Gasteiger partial charge on any atom is -0.309 e. The number of fused-ring (bicyclic) bond motifs is 11. The Morgan fingerprint density at radius 1 is 0.383 bits per heavy atom. The van der Waals surface area contributed by atoms with Gasteiger partial charge in [-0.25, -0.2) is 0 Å². The van der Waals surface area contributed by atoms with E-state index in [9.17, 15) is 0 Å². The van der Waals surface area contributed by atoms with E-state index in [0.29, 0.717) is 0 Å². The largest absolute Gasteiger partial charge is 0.309 e. The number of nitrogens with zero attached hydrogens (tertiary/aromatic N) is 1. The fourth-order valence-corrected chi connectivity index (χ4v) is 8.99. The van der Waals surface area contributed by atoms with E-state index in [-0.39, 0.29) is 5.41 Å². The third-order valence-electron chi connectivity index (χ3n) is 11.1. The number of rotatable bonds is 2. The molecule has 7 aromatic carbocycles. The predicted octanol–water partition coefficient (Wildman–Crippen LogP) is 11.5. The summed E-state index contributed by atoms with van der Waals surface area (Å²) in [5.74, 6) is 0. The molecule has 0 N–H and O–H groups in total. The first-order valence-corrected chi connectivity index (χ1v) is 16.6. The molecule has 1 aliphatic heterocycles. The van der Waals surface area contributed by atoms with E-state index in [0.717, 1.165) is 0 Å². The Morgan fingerprint density at radius 2 is 0.936 bits per heavy atom. The van der Waals surface area contributed by atoms with Crippen molar-refractivity contribution in [3.8, 4) is 27.9 Å².